The van der Waals surface area contributed by atoms with Gasteiger partial charge in [0.15, 0.2) is 0 Å². The van der Waals surface area contributed by atoms with Crippen molar-refractivity contribution in [3.05, 3.63) is 33.3 Å². The van der Waals surface area contributed by atoms with Gasteiger partial charge in [-0.3, -0.25) is 10.1 Å². The average Bonchev–Trinajstić information content (AvgIpc) is 2.36. The van der Waals surface area contributed by atoms with Crippen molar-refractivity contribution >= 4 is 27.3 Å². The molecule has 1 atom stereocenters. The lowest BCUT2D eigenvalue weighted by atomic mass is 10.3. The predicted octanol–water partition coefficient (Wildman–Crippen LogP) is 2.67. The van der Waals surface area contributed by atoms with Gasteiger partial charge in [0, 0.05) is 19.2 Å². The van der Waals surface area contributed by atoms with Gasteiger partial charge in [-0.05, 0) is 25.5 Å². The topological polar surface area (TPSA) is 80.5 Å². The Morgan fingerprint density at radius 3 is 2.53 bits per heavy atom. The molecule has 0 bridgehead atoms. The second-order valence-corrected chi connectivity index (χ2v) is 6.55. The normalized spacial score (nSPS) is 13.5. The van der Waals surface area contributed by atoms with Crippen LogP contribution in [0.1, 0.15) is 20.3 Å². The van der Waals surface area contributed by atoms with E-state index in [1.165, 1.54) is 23.5 Å². The Morgan fingerprint density at radius 2 is 2.05 bits per heavy atom. The smallest absolute Gasteiger partial charge is 0.258 e. The molecule has 0 aliphatic heterocycles. The highest BCUT2D eigenvalue weighted by atomic mass is 35.5. The number of benzene rings is 1. The molecule has 0 radical (unpaired) electrons. The number of hydrogen-bond acceptors (Lipinski definition) is 4. The SMILES string of the molecule is CCC(C)N(C)S(=O)(=O)c1ccc(Cl)c([N+](=O)[O-])c1. The summed E-state index contributed by atoms with van der Waals surface area (Å²) in [7, 11) is -2.30. The fourth-order valence-corrected chi connectivity index (χ4v) is 3.10. The van der Waals surface area contributed by atoms with Gasteiger partial charge in [-0.25, -0.2) is 8.42 Å². The fourth-order valence-electron chi connectivity index (χ4n) is 1.45. The van der Waals surface area contributed by atoms with Crippen LogP contribution in [-0.4, -0.2) is 30.7 Å². The van der Waals surface area contributed by atoms with E-state index in [-0.39, 0.29) is 16.0 Å². The van der Waals surface area contributed by atoms with Crippen molar-refractivity contribution in [2.24, 2.45) is 0 Å². The van der Waals surface area contributed by atoms with E-state index in [2.05, 4.69) is 0 Å². The molecule has 0 aromatic heterocycles. The third-order valence-electron chi connectivity index (χ3n) is 3.00. The fraction of sp³-hybridized carbons (Fsp3) is 0.455. The highest BCUT2D eigenvalue weighted by Crippen LogP contribution is 2.28. The Hall–Kier alpha value is -1.18. The zero-order valence-corrected chi connectivity index (χ0v) is 12.4. The van der Waals surface area contributed by atoms with Gasteiger partial charge < -0.3 is 0 Å². The molecule has 0 heterocycles. The van der Waals surface area contributed by atoms with Gasteiger partial charge in [0.1, 0.15) is 5.02 Å². The minimum Gasteiger partial charge on any atom is -0.258 e. The maximum atomic E-state index is 12.3. The zero-order chi connectivity index (χ0) is 14.8. The van der Waals surface area contributed by atoms with Crippen molar-refractivity contribution < 1.29 is 13.3 Å². The largest absolute Gasteiger partial charge is 0.289 e. The number of sulfonamides is 1. The molecular weight excluding hydrogens is 292 g/mol. The van der Waals surface area contributed by atoms with Crippen LogP contribution in [0, 0.1) is 10.1 Å². The number of rotatable bonds is 5. The maximum absolute atomic E-state index is 12.3. The van der Waals surface area contributed by atoms with E-state index >= 15 is 0 Å². The van der Waals surface area contributed by atoms with Gasteiger partial charge in [0.2, 0.25) is 10.0 Å². The summed E-state index contributed by atoms with van der Waals surface area (Å²) in [6.07, 6.45) is 0.644. The quantitative estimate of drug-likeness (QED) is 0.618. The Kier molecular flexibility index (Phi) is 4.89. The lowest BCUT2D eigenvalue weighted by Gasteiger charge is -2.23. The summed E-state index contributed by atoms with van der Waals surface area (Å²) in [5.41, 5.74) is -0.416. The molecule has 19 heavy (non-hydrogen) atoms. The first kappa shape index (κ1) is 15.9. The molecule has 1 rings (SSSR count). The molecule has 106 valence electrons. The minimum atomic E-state index is -3.75. The standard InChI is InChI=1S/C11H15ClN2O4S/c1-4-8(2)13(3)19(17,18)9-5-6-10(12)11(7-9)14(15)16/h5-8H,4H2,1-3H3. The molecule has 0 aliphatic carbocycles. The first-order chi connectivity index (χ1) is 8.71. The molecule has 0 aliphatic rings. The number of hydrogen-bond donors (Lipinski definition) is 0. The van der Waals surface area contributed by atoms with Gasteiger partial charge in [0.05, 0.1) is 9.82 Å². The van der Waals surface area contributed by atoms with E-state index in [1.807, 2.05) is 6.92 Å². The van der Waals surface area contributed by atoms with Crippen molar-refractivity contribution in [1.82, 2.24) is 4.31 Å². The minimum absolute atomic E-state index is 0.0878. The van der Waals surface area contributed by atoms with Crippen molar-refractivity contribution in [2.45, 2.75) is 31.2 Å². The molecule has 0 amide bonds. The Balaban J connectivity index is 3.30. The second kappa shape index (κ2) is 5.85. The van der Waals surface area contributed by atoms with Crippen LogP contribution >= 0.6 is 11.6 Å². The lowest BCUT2D eigenvalue weighted by molar-refractivity contribution is -0.384. The molecule has 8 heteroatoms. The van der Waals surface area contributed by atoms with Gasteiger partial charge in [0.25, 0.3) is 5.69 Å². The number of nitro benzene ring substituents is 1. The highest BCUT2D eigenvalue weighted by Gasteiger charge is 2.27. The third-order valence-corrected chi connectivity index (χ3v) is 5.29. The highest BCUT2D eigenvalue weighted by molar-refractivity contribution is 7.89. The van der Waals surface area contributed by atoms with Crippen molar-refractivity contribution in [3.8, 4) is 0 Å². The molecule has 1 aromatic carbocycles. The first-order valence-corrected chi connectivity index (χ1v) is 7.45. The molecule has 1 aromatic rings. The number of nitro groups is 1. The van der Waals surface area contributed by atoms with Crippen LogP contribution in [0.25, 0.3) is 0 Å². The number of halogens is 1. The van der Waals surface area contributed by atoms with E-state index in [1.54, 1.807) is 6.92 Å². The van der Waals surface area contributed by atoms with Gasteiger partial charge in [-0.1, -0.05) is 18.5 Å². The van der Waals surface area contributed by atoms with Crippen LogP contribution in [-0.2, 0) is 10.0 Å². The zero-order valence-electron chi connectivity index (χ0n) is 10.8. The monoisotopic (exact) mass is 306 g/mol. The van der Waals surface area contributed by atoms with E-state index in [0.717, 1.165) is 6.07 Å². The predicted molar refractivity (Wildman–Crippen MR) is 72.8 cm³/mol. The van der Waals surface area contributed by atoms with Crippen LogP contribution in [0.3, 0.4) is 0 Å². The Labute approximate surface area is 117 Å². The van der Waals surface area contributed by atoms with Gasteiger partial charge >= 0.3 is 0 Å². The molecule has 0 N–H and O–H groups in total. The molecule has 0 spiro atoms. The average molecular weight is 307 g/mol. The summed E-state index contributed by atoms with van der Waals surface area (Å²) in [5.74, 6) is 0. The molecular formula is C11H15ClN2O4S. The summed E-state index contributed by atoms with van der Waals surface area (Å²) in [5, 5.41) is 10.7. The van der Waals surface area contributed by atoms with Crippen LogP contribution in [0.5, 0.6) is 0 Å². The van der Waals surface area contributed by atoms with Crippen LogP contribution in [0.4, 0.5) is 5.69 Å². The molecule has 6 nitrogen and oxygen atoms in total. The summed E-state index contributed by atoms with van der Waals surface area (Å²) in [6.45, 7) is 3.63. The third kappa shape index (κ3) is 3.23. The Bertz CT molecular complexity index is 588. The van der Waals surface area contributed by atoms with Gasteiger partial charge in [-0.2, -0.15) is 4.31 Å². The van der Waals surface area contributed by atoms with E-state index in [4.69, 9.17) is 11.6 Å². The summed E-state index contributed by atoms with van der Waals surface area (Å²) >= 11 is 5.66. The van der Waals surface area contributed by atoms with Crippen LogP contribution in [0.2, 0.25) is 5.02 Å². The molecule has 0 fully saturated rings. The van der Waals surface area contributed by atoms with Crippen molar-refractivity contribution in [3.63, 3.8) is 0 Å². The van der Waals surface area contributed by atoms with Gasteiger partial charge in [-0.15, -0.1) is 0 Å². The summed E-state index contributed by atoms with van der Waals surface area (Å²) in [6, 6.07) is 3.27. The Morgan fingerprint density at radius 1 is 1.47 bits per heavy atom. The lowest BCUT2D eigenvalue weighted by Crippen LogP contribution is -2.34. The van der Waals surface area contributed by atoms with E-state index in [0.29, 0.717) is 6.42 Å². The van der Waals surface area contributed by atoms with E-state index in [9.17, 15) is 18.5 Å². The molecule has 0 saturated carbocycles. The first-order valence-electron chi connectivity index (χ1n) is 5.63. The molecule has 0 saturated heterocycles. The van der Waals surface area contributed by atoms with Crippen LogP contribution < -0.4 is 0 Å². The maximum Gasteiger partial charge on any atom is 0.289 e. The van der Waals surface area contributed by atoms with Crippen molar-refractivity contribution in [1.29, 1.82) is 0 Å². The summed E-state index contributed by atoms with van der Waals surface area (Å²) in [4.78, 5) is 9.94. The van der Waals surface area contributed by atoms with E-state index < -0.39 is 20.6 Å². The summed E-state index contributed by atoms with van der Waals surface area (Å²) < 4.78 is 25.8. The second-order valence-electron chi connectivity index (χ2n) is 4.15. The van der Waals surface area contributed by atoms with Crippen LogP contribution in [0.15, 0.2) is 23.1 Å². The number of nitrogens with zero attached hydrogens (tertiary/aromatic N) is 2. The van der Waals surface area contributed by atoms with Crippen molar-refractivity contribution in [2.75, 3.05) is 7.05 Å². The molecule has 1 unspecified atom stereocenters.